The highest BCUT2D eigenvalue weighted by molar-refractivity contribution is 5.85. The number of amides is 1. The summed E-state index contributed by atoms with van der Waals surface area (Å²) in [6, 6.07) is 0.262. The molecule has 1 amide bonds. The van der Waals surface area contributed by atoms with Gasteiger partial charge in [0.2, 0.25) is 5.91 Å². The largest absolute Gasteiger partial charge is 0.481 e. The number of rotatable bonds is 4. The van der Waals surface area contributed by atoms with Crippen LogP contribution in [-0.2, 0) is 9.59 Å². The molecule has 0 atom stereocenters. The molecule has 0 bridgehead atoms. The van der Waals surface area contributed by atoms with E-state index in [0.717, 1.165) is 45.2 Å². The fourth-order valence-corrected chi connectivity index (χ4v) is 3.51. The van der Waals surface area contributed by atoms with Crippen LogP contribution in [-0.4, -0.2) is 48.1 Å². The lowest BCUT2D eigenvalue weighted by Gasteiger charge is -2.37. The van der Waals surface area contributed by atoms with Crippen LogP contribution in [0.2, 0.25) is 0 Å². The molecule has 0 aromatic rings. The summed E-state index contributed by atoms with van der Waals surface area (Å²) in [6.45, 7) is 1.87. The molecule has 2 fully saturated rings. The molecule has 1 aliphatic heterocycles. The Kier molecular flexibility index (Phi) is 5.02. The number of piperidine rings is 1. The van der Waals surface area contributed by atoms with Crippen molar-refractivity contribution in [2.24, 2.45) is 5.41 Å². The minimum absolute atomic E-state index is 0.00111. The maximum Gasteiger partial charge on any atom is 0.310 e. The monoisotopic (exact) mass is 282 g/mol. The molecule has 0 unspecified atom stereocenters. The molecule has 1 saturated heterocycles. The van der Waals surface area contributed by atoms with Gasteiger partial charge in [0.25, 0.3) is 0 Å². The number of carbonyl (C=O) groups is 2. The number of nitrogens with zero attached hydrogens (tertiary/aromatic N) is 1. The van der Waals surface area contributed by atoms with Gasteiger partial charge in [0.05, 0.1) is 5.41 Å². The number of hydrogen-bond acceptors (Lipinski definition) is 3. The Balaban J connectivity index is 1.98. The Labute approximate surface area is 120 Å². The van der Waals surface area contributed by atoms with Crippen LogP contribution in [0.3, 0.4) is 0 Å². The molecule has 114 valence electrons. The molecule has 2 rings (SSSR count). The predicted molar refractivity (Wildman–Crippen MR) is 76.4 cm³/mol. The first kappa shape index (κ1) is 15.3. The van der Waals surface area contributed by atoms with Crippen molar-refractivity contribution in [1.29, 1.82) is 0 Å². The van der Waals surface area contributed by atoms with E-state index in [0.29, 0.717) is 12.8 Å². The Morgan fingerprint density at radius 1 is 1.20 bits per heavy atom. The smallest absolute Gasteiger partial charge is 0.310 e. The van der Waals surface area contributed by atoms with Gasteiger partial charge in [-0.15, -0.1) is 0 Å². The van der Waals surface area contributed by atoms with E-state index in [1.54, 1.807) is 4.90 Å². The Morgan fingerprint density at radius 3 is 2.35 bits per heavy atom. The zero-order valence-corrected chi connectivity index (χ0v) is 12.4. The standard InChI is InChI=1S/C15H26N2O3/c1-17(12-5-9-16-10-6-12)13(18)11-15(14(19)20)7-3-2-4-8-15/h12,16H,2-11H2,1H3,(H,19,20). The van der Waals surface area contributed by atoms with Crippen LogP contribution >= 0.6 is 0 Å². The Morgan fingerprint density at radius 2 is 1.80 bits per heavy atom. The van der Waals surface area contributed by atoms with Crippen LogP contribution in [0.4, 0.5) is 0 Å². The van der Waals surface area contributed by atoms with Gasteiger partial charge in [-0.2, -0.15) is 0 Å². The minimum Gasteiger partial charge on any atom is -0.481 e. The first-order valence-corrected chi connectivity index (χ1v) is 7.75. The van der Waals surface area contributed by atoms with Gasteiger partial charge >= 0.3 is 5.97 Å². The molecule has 2 N–H and O–H groups in total. The molecule has 1 heterocycles. The number of carboxylic acid groups (broad SMARTS) is 1. The van der Waals surface area contributed by atoms with E-state index in [-0.39, 0.29) is 18.4 Å². The van der Waals surface area contributed by atoms with Crippen molar-refractivity contribution in [3.8, 4) is 0 Å². The molecule has 5 nitrogen and oxygen atoms in total. The maximum atomic E-state index is 12.5. The highest BCUT2D eigenvalue weighted by Gasteiger charge is 2.42. The quantitative estimate of drug-likeness (QED) is 0.822. The Bertz CT molecular complexity index is 358. The van der Waals surface area contributed by atoms with E-state index >= 15 is 0 Å². The van der Waals surface area contributed by atoms with Crippen LogP contribution in [0.25, 0.3) is 0 Å². The van der Waals surface area contributed by atoms with Crippen molar-refractivity contribution in [2.45, 2.75) is 57.4 Å². The van der Waals surface area contributed by atoms with E-state index < -0.39 is 11.4 Å². The number of hydrogen-bond donors (Lipinski definition) is 2. The first-order valence-electron chi connectivity index (χ1n) is 7.75. The van der Waals surface area contributed by atoms with Crippen LogP contribution in [0, 0.1) is 5.41 Å². The minimum atomic E-state index is -0.809. The van der Waals surface area contributed by atoms with Crippen molar-refractivity contribution >= 4 is 11.9 Å². The van der Waals surface area contributed by atoms with Crippen molar-refractivity contribution in [2.75, 3.05) is 20.1 Å². The molecule has 5 heteroatoms. The molecule has 0 spiro atoms. The van der Waals surface area contributed by atoms with Crippen LogP contribution in [0.15, 0.2) is 0 Å². The number of carboxylic acids is 1. The summed E-state index contributed by atoms with van der Waals surface area (Å²) >= 11 is 0. The first-order chi connectivity index (χ1) is 9.55. The zero-order chi connectivity index (χ0) is 14.6. The fraction of sp³-hybridized carbons (Fsp3) is 0.867. The second-order valence-electron chi connectivity index (χ2n) is 6.31. The van der Waals surface area contributed by atoms with E-state index in [2.05, 4.69) is 5.32 Å². The molecule has 20 heavy (non-hydrogen) atoms. The summed E-state index contributed by atoms with van der Waals surface area (Å²) < 4.78 is 0. The molecular formula is C15H26N2O3. The van der Waals surface area contributed by atoms with E-state index in [4.69, 9.17) is 0 Å². The van der Waals surface area contributed by atoms with Gasteiger partial charge in [-0.25, -0.2) is 0 Å². The lowest BCUT2D eigenvalue weighted by atomic mass is 9.71. The zero-order valence-electron chi connectivity index (χ0n) is 12.4. The van der Waals surface area contributed by atoms with Gasteiger partial charge in [-0.3, -0.25) is 9.59 Å². The molecule has 1 aliphatic carbocycles. The number of aliphatic carboxylic acids is 1. The number of nitrogens with one attached hydrogen (secondary N) is 1. The third-order valence-corrected chi connectivity index (χ3v) is 5.00. The van der Waals surface area contributed by atoms with Crippen LogP contribution < -0.4 is 5.32 Å². The predicted octanol–water partition coefficient (Wildman–Crippen LogP) is 1.62. The second-order valence-corrected chi connectivity index (χ2v) is 6.31. The van der Waals surface area contributed by atoms with Gasteiger partial charge in [-0.05, 0) is 38.8 Å². The topological polar surface area (TPSA) is 69.6 Å². The molecule has 2 aliphatic rings. The maximum absolute atomic E-state index is 12.5. The van der Waals surface area contributed by atoms with Gasteiger partial charge in [0.15, 0.2) is 0 Å². The molecule has 1 saturated carbocycles. The SMILES string of the molecule is CN(C(=O)CC1(C(=O)O)CCCCC1)C1CCNCC1. The van der Waals surface area contributed by atoms with Crippen molar-refractivity contribution in [3.05, 3.63) is 0 Å². The van der Waals surface area contributed by atoms with Crippen LogP contribution in [0.1, 0.15) is 51.4 Å². The van der Waals surface area contributed by atoms with Crippen molar-refractivity contribution < 1.29 is 14.7 Å². The van der Waals surface area contributed by atoms with E-state index in [1.165, 1.54) is 0 Å². The third-order valence-electron chi connectivity index (χ3n) is 5.00. The summed E-state index contributed by atoms with van der Waals surface area (Å²) in [5.74, 6) is -0.787. The lowest BCUT2D eigenvalue weighted by molar-refractivity contribution is -0.156. The molecule has 0 aromatic heterocycles. The van der Waals surface area contributed by atoms with Gasteiger partial charge in [0.1, 0.15) is 0 Å². The van der Waals surface area contributed by atoms with Gasteiger partial charge < -0.3 is 15.3 Å². The van der Waals surface area contributed by atoms with E-state index in [9.17, 15) is 14.7 Å². The summed E-state index contributed by atoms with van der Waals surface area (Å²) in [5.41, 5.74) is -0.809. The lowest BCUT2D eigenvalue weighted by Crippen LogP contribution is -2.46. The summed E-state index contributed by atoms with van der Waals surface area (Å²) in [4.78, 5) is 25.9. The van der Waals surface area contributed by atoms with Crippen LogP contribution in [0.5, 0.6) is 0 Å². The number of carbonyl (C=O) groups excluding carboxylic acids is 1. The summed E-state index contributed by atoms with van der Waals surface area (Å²) in [5, 5.41) is 12.8. The highest BCUT2D eigenvalue weighted by Crippen LogP contribution is 2.40. The fourth-order valence-electron chi connectivity index (χ4n) is 3.51. The summed E-state index contributed by atoms with van der Waals surface area (Å²) in [6.07, 6.45) is 6.33. The van der Waals surface area contributed by atoms with Crippen molar-refractivity contribution in [3.63, 3.8) is 0 Å². The highest BCUT2D eigenvalue weighted by atomic mass is 16.4. The molecule has 0 aromatic carbocycles. The normalized spacial score (nSPS) is 23.2. The average Bonchev–Trinajstić information content (AvgIpc) is 2.48. The van der Waals surface area contributed by atoms with Gasteiger partial charge in [-0.1, -0.05) is 19.3 Å². The Hall–Kier alpha value is -1.10. The van der Waals surface area contributed by atoms with E-state index in [1.807, 2.05) is 7.05 Å². The third kappa shape index (κ3) is 3.32. The molecular weight excluding hydrogens is 256 g/mol. The summed E-state index contributed by atoms with van der Waals surface area (Å²) in [7, 11) is 1.83. The average molecular weight is 282 g/mol. The van der Waals surface area contributed by atoms with Crippen molar-refractivity contribution in [1.82, 2.24) is 10.2 Å². The van der Waals surface area contributed by atoms with Gasteiger partial charge in [0, 0.05) is 19.5 Å². The second kappa shape index (κ2) is 6.57. The molecule has 0 radical (unpaired) electrons.